The molecule has 2 heterocycles. The SMILES string of the molecule is O=C1C(Br)C2SC=CN12. The van der Waals surface area contributed by atoms with Crippen molar-refractivity contribution in [2.45, 2.75) is 10.2 Å². The van der Waals surface area contributed by atoms with Gasteiger partial charge in [-0.1, -0.05) is 15.9 Å². The summed E-state index contributed by atoms with van der Waals surface area (Å²) in [4.78, 5) is 12.7. The van der Waals surface area contributed by atoms with E-state index in [0.717, 1.165) is 0 Å². The van der Waals surface area contributed by atoms with Gasteiger partial charge in [0.1, 0.15) is 10.2 Å². The Balaban J connectivity index is 2.21. The second-order valence-corrected chi connectivity index (χ2v) is 3.97. The summed E-state index contributed by atoms with van der Waals surface area (Å²) in [6.45, 7) is 0. The van der Waals surface area contributed by atoms with E-state index in [1.165, 1.54) is 0 Å². The zero-order valence-electron chi connectivity index (χ0n) is 4.45. The molecule has 2 nitrogen and oxygen atoms in total. The Kier molecular flexibility index (Phi) is 1.13. The summed E-state index contributed by atoms with van der Waals surface area (Å²) in [5.41, 5.74) is 0. The lowest BCUT2D eigenvalue weighted by molar-refractivity contribution is -0.135. The molecule has 0 N–H and O–H groups in total. The third-order valence-corrected chi connectivity index (χ3v) is 3.75. The van der Waals surface area contributed by atoms with Crippen LogP contribution in [0.3, 0.4) is 0 Å². The fourth-order valence-corrected chi connectivity index (χ4v) is 2.71. The molecule has 1 amide bonds. The van der Waals surface area contributed by atoms with Crippen LogP contribution in [-0.2, 0) is 4.79 Å². The largest absolute Gasteiger partial charge is 0.303 e. The van der Waals surface area contributed by atoms with Crippen molar-refractivity contribution in [2.24, 2.45) is 0 Å². The molecule has 2 rings (SSSR count). The molecule has 0 aromatic rings. The molecule has 2 atom stereocenters. The number of halogens is 1. The van der Waals surface area contributed by atoms with E-state index in [-0.39, 0.29) is 10.7 Å². The smallest absolute Gasteiger partial charge is 0.244 e. The highest BCUT2D eigenvalue weighted by atomic mass is 79.9. The van der Waals surface area contributed by atoms with Gasteiger partial charge in [-0.25, -0.2) is 0 Å². The lowest BCUT2D eigenvalue weighted by Gasteiger charge is -2.37. The second kappa shape index (κ2) is 1.76. The number of alkyl halides is 1. The minimum atomic E-state index is 0.0532. The maximum absolute atomic E-state index is 10.9. The maximum atomic E-state index is 10.9. The van der Waals surface area contributed by atoms with Crippen molar-refractivity contribution in [3.63, 3.8) is 0 Å². The maximum Gasteiger partial charge on any atom is 0.244 e. The Hall–Kier alpha value is 0.0400. The molecule has 9 heavy (non-hydrogen) atoms. The van der Waals surface area contributed by atoms with Gasteiger partial charge in [0.25, 0.3) is 0 Å². The Morgan fingerprint density at radius 1 is 1.78 bits per heavy atom. The van der Waals surface area contributed by atoms with E-state index < -0.39 is 0 Å². The zero-order valence-corrected chi connectivity index (χ0v) is 6.85. The summed E-state index contributed by atoms with van der Waals surface area (Å²) >= 11 is 4.96. The average Bonchev–Trinajstić information content (AvgIpc) is 2.30. The second-order valence-electron chi connectivity index (χ2n) is 1.96. The molecule has 2 unspecified atom stereocenters. The first-order valence-corrected chi connectivity index (χ1v) is 4.45. The van der Waals surface area contributed by atoms with E-state index in [4.69, 9.17) is 0 Å². The van der Waals surface area contributed by atoms with E-state index in [1.54, 1.807) is 16.7 Å². The van der Waals surface area contributed by atoms with Crippen molar-refractivity contribution in [2.75, 3.05) is 0 Å². The number of thioether (sulfide) groups is 1. The predicted octanol–water partition coefficient (Wildman–Crippen LogP) is 1.14. The summed E-state index contributed by atoms with van der Waals surface area (Å²) in [6.07, 6.45) is 1.83. The van der Waals surface area contributed by atoms with Gasteiger partial charge in [-0.3, -0.25) is 4.79 Å². The van der Waals surface area contributed by atoms with Gasteiger partial charge in [0.05, 0.1) is 0 Å². The van der Waals surface area contributed by atoms with E-state index in [0.29, 0.717) is 5.37 Å². The van der Waals surface area contributed by atoms with Crippen molar-refractivity contribution in [3.8, 4) is 0 Å². The lowest BCUT2D eigenvalue weighted by atomic mass is 10.2. The van der Waals surface area contributed by atoms with Crippen LogP contribution >= 0.6 is 27.7 Å². The van der Waals surface area contributed by atoms with Crippen LogP contribution in [0.25, 0.3) is 0 Å². The Bertz CT molecular complexity index is 193. The molecule has 48 valence electrons. The van der Waals surface area contributed by atoms with Crippen LogP contribution in [0.2, 0.25) is 0 Å². The number of β-lactam (4-membered cyclic amide) rings is 1. The number of carbonyl (C=O) groups excluding carboxylic acids is 1. The fraction of sp³-hybridized carbons (Fsp3) is 0.400. The summed E-state index contributed by atoms with van der Waals surface area (Å²) in [5, 5.41) is 2.29. The van der Waals surface area contributed by atoms with Crippen molar-refractivity contribution >= 4 is 33.6 Å². The van der Waals surface area contributed by atoms with Crippen LogP contribution in [0.15, 0.2) is 11.6 Å². The number of amides is 1. The van der Waals surface area contributed by atoms with Crippen LogP contribution in [0, 0.1) is 0 Å². The van der Waals surface area contributed by atoms with Crippen molar-refractivity contribution < 1.29 is 4.79 Å². The topological polar surface area (TPSA) is 20.3 Å². The standard InChI is InChI=1S/C5H4BrNOS/c6-3-4(8)7-1-2-9-5(3)7/h1-3,5H. The Morgan fingerprint density at radius 3 is 3.22 bits per heavy atom. The Labute approximate surface area is 65.4 Å². The van der Waals surface area contributed by atoms with E-state index in [1.807, 2.05) is 11.6 Å². The van der Waals surface area contributed by atoms with Crippen molar-refractivity contribution in [1.82, 2.24) is 4.90 Å². The van der Waals surface area contributed by atoms with Gasteiger partial charge in [-0.2, -0.15) is 0 Å². The first-order chi connectivity index (χ1) is 4.30. The number of carbonyl (C=O) groups is 1. The number of hydrogen-bond acceptors (Lipinski definition) is 2. The lowest BCUT2D eigenvalue weighted by Crippen LogP contribution is -2.55. The molecule has 0 aromatic carbocycles. The molecule has 1 fully saturated rings. The van der Waals surface area contributed by atoms with Crippen LogP contribution in [0.1, 0.15) is 0 Å². The molecule has 4 heteroatoms. The minimum absolute atomic E-state index is 0.0532. The first kappa shape index (κ1) is 5.80. The van der Waals surface area contributed by atoms with Gasteiger partial charge in [0.15, 0.2) is 0 Å². The van der Waals surface area contributed by atoms with E-state index in [9.17, 15) is 4.79 Å². The van der Waals surface area contributed by atoms with E-state index >= 15 is 0 Å². The third kappa shape index (κ3) is 0.604. The van der Waals surface area contributed by atoms with Gasteiger partial charge < -0.3 is 4.90 Å². The molecule has 0 aliphatic carbocycles. The number of nitrogens with zero attached hydrogens (tertiary/aromatic N) is 1. The monoisotopic (exact) mass is 205 g/mol. The highest BCUT2D eigenvalue weighted by Crippen LogP contribution is 2.40. The normalized spacial score (nSPS) is 38.8. The molecule has 0 bridgehead atoms. The highest BCUT2D eigenvalue weighted by Gasteiger charge is 2.46. The van der Waals surface area contributed by atoms with Gasteiger partial charge in [-0.15, -0.1) is 11.8 Å². The van der Waals surface area contributed by atoms with E-state index in [2.05, 4.69) is 15.9 Å². The molecular weight excluding hydrogens is 202 g/mol. The van der Waals surface area contributed by atoms with Gasteiger partial charge >= 0.3 is 0 Å². The van der Waals surface area contributed by atoms with Gasteiger partial charge in [0.2, 0.25) is 5.91 Å². The van der Waals surface area contributed by atoms with Crippen LogP contribution in [0.4, 0.5) is 0 Å². The number of fused-ring (bicyclic) bond motifs is 1. The molecular formula is C5H4BrNOS. The average molecular weight is 206 g/mol. The molecule has 0 spiro atoms. The highest BCUT2D eigenvalue weighted by molar-refractivity contribution is 9.10. The predicted molar refractivity (Wildman–Crippen MR) is 40.1 cm³/mol. The van der Waals surface area contributed by atoms with Crippen molar-refractivity contribution in [1.29, 1.82) is 0 Å². The summed E-state index contributed by atoms with van der Waals surface area (Å²) in [5.74, 6) is 0.182. The summed E-state index contributed by atoms with van der Waals surface area (Å²) in [7, 11) is 0. The van der Waals surface area contributed by atoms with Crippen LogP contribution in [-0.4, -0.2) is 21.0 Å². The third-order valence-electron chi connectivity index (χ3n) is 1.45. The quantitative estimate of drug-likeness (QED) is 0.437. The summed E-state index contributed by atoms with van der Waals surface area (Å²) < 4.78 is 0. The summed E-state index contributed by atoms with van der Waals surface area (Å²) in [6, 6.07) is 0. The van der Waals surface area contributed by atoms with Gasteiger partial charge in [-0.05, 0) is 5.41 Å². The molecule has 2 aliphatic heterocycles. The Morgan fingerprint density at radius 2 is 2.56 bits per heavy atom. The minimum Gasteiger partial charge on any atom is -0.303 e. The van der Waals surface area contributed by atoms with Crippen molar-refractivity contribution in [3.05, 3.63) is 11.6 Å². The van der Waals surface area contributed by atoms with Gasteiger partial charge in [0, 0.05) is 6.20 Å². The van der Waals surface area contributed by atoms with Crippen LogP contribution < -0.4 is 0 Å². The number of rotatable bonds is 0. The molecule has 2 aliphatic rings. The van der Waals surface area contributed by atoms with Crippen LogP contribution in [0.5, 0.6) is 0 Å². The fourth-order valence-electron chi connectivity index (χ4n) is 0.923. The molecule has 0 saturated carbocycles. The first-order valence-electron chi connectivity index (χ1n) is 2.59. The number of hydrogen-bond donors (Lipinski definition) is 0. The molecule has 0 aromatic heterocycles. The zero-order chi connectivity index (χ0) is 6.43. The molecule has 0 radical (unpaired) electrons. The molecule has 1 saturated heterocycles.